The van der Waals surface area contributed by atoms with Crippen molar-refractivity contribution in [3.63, 3.8) is 0 Å². The predicted molar refractivity (Wildman–Crippen MR) is 95.6 cm³/mol. The lowest BCUT2D eigenvalue weighted by Gasteiger charge is -2.29. The number of hydrogen-bond acceptors (Lipinski definition) is 4. The van der Waals surface area contributed by atoms with E-state index in [9.17, 15) is 4.79 Å². The smallest absolute Gasteiger partial charge is 0.219 e. The molecule has 2 fully saturated rings. The van der Waals surface area contributed by atoms with Gasteiger partial charge in [-0.15, -0.1) is 0 Å². The Morgan fingerprint density at radius 3 is 2.60 bits per heavy atom. The molecular weight excluding hydrogens is 312 g/mol. The molecule has 2 saturated heterocycles. The van der Waals surface area contributed by atoms with E-state index < -0.39 is 0 Å². The number of likely N-dealkylation sites (tertiary alicyclic amines) is 2. The van der Waals surface area contributed by atoms with Crippen molar-refractivity contribution in [2.24, 2.45) is 11.8 Å². The molecular formula is C20H24N4O. The molecule has 5 heteroatoms. The van der Waals surface area contributed by atoms with Gasteiger partial charge in [-0.05, 0) is 18.4 Å². The van der Waals surface area contributed by atoms with E-state index in [2.05, 4.69) is 44.0 Å². The summed E-state index contributed by atoms with van der Waals surface area (Å²) in [5.41, 5.74) is 3.22. The first-order valence-corrected chi connectivity index (χ1v) is 8.94. The van der Waals surface area contributed by atoms with Crippen molar-refractivity contribution in [3.05, 3.63) is 59.7 Å². The van der Waals surface area contributed by atoms with Crippen molar-refractivity contribution in [3.8, 4) is 0 Å². The van der Waals surface area contributed by atoms with Crippen molar-refractivity contribution in [1.29, 1.82) is 0 Å². The van der Waals surface area contributed by atoms with Gasteiger partial charge in [0.1, 0.15) is 0 Å². The number of rotatable bonds is 3. The maximum absolute atomic E-state index is 12.2. The van der Waals surface area contributed by atoms with E-state index in [0.29, 0.717) is 11.8 Å². The summed E-state index contributed by atoms with van der Waals surface area (Å²) in [6.45, 7) is 7.36. The van der Waals surface area contributed by atoms with Gasteiger partial charge in [0, 0.05) is 51.4 Å². The number of carbonyl (C=O) groups is 1. The van der Waals surface area contributed by atoms with Gasteiger partial charge < -0.3 is 4.90 Å². The maximum atomic E-state index is 12.2. The van der Waals surface area contributed by atoms with Crippen LogP contribution in [0.5, 0.6) is 0 Å². The van der Waals surface area contributed by atoms with Gasteiger partial charge in [0.15, 0.2) is 0 Å². The summed E-state index contributed by atoms with van der Waals surface area (Å²) in [5, 5.41) is 0. The van der Waals surface area contributed by atoms with E-state index in [1.165, 1.54) is 5.56 Å². The van der Waals surface area contributed by atoms with Gasteiger partial charge in [-0.2, -0.15) is 0 Å². The van der Waals surface area contributed by atoms with Gasteiger partial charge in [-0.3, -0.25) is 19.7 Å². The molecule has 3 atom stereocenters. The molecule has 2 aliphatic rings. The van der Waals surface area contributed by atoms with Gasteiger partial charge in [0.2, 0.25) is 5.91 Å². The van der Waals surface area contributed by atoms with Gasteiger partial charge >= 0.3 is 0 Å². The summed E-state index contributed by atoms with van der Waals surface area (Å²) >= 11 is 0. The quantitative estimate of drug-likeness (QED) is 0.864. The lowest BCUT2D eigenvalue weighted by molar-refractivity contribution is -0.130. The molecule has 2 aromatic rings. The molecule has 0 saturated carbocycles. The molecule has 0 bridgehead atoms. The van der Waals surface area contributed by atoms with Gasteiger partial charge in [0.25, 0.3) is 0 Å². The largest absolute Gasteiger partial charge is 0.335 e. The van der Waals surface area contributed by atoms with Crippen LogP contribution in [0.1, 0.15) is 29.9 Å². The molecule has 0 N–H and O–H groups in total. The lowest BCUT2D eigenvalue weighted by Crippen LogP contribution is -2.34. The zero-order chi connectivity index (χ0) is 17.4. The summed E-state index contributed by atoms with van der Waals surface area (Å²) < 4.78 is 0. The van der Waals surface area contributed by atoms with Crippen LogP contribution < -0.4 is 0 Å². The Hall–Kier alpha value is -2.27. The van der Waals surface area contributed by atoms with Crippen LogP contribution in [0.3, 0.4) is 0 Å². The highest BCUT2D eigenvalue weighted by Gasteiger charge is 2.48. The normalized spacial score (nSPS) is 26.0. The fourth-order valence-electron chi connectivity index (χ4n) is 4.40. The van der Waals surface area contributed by atoms with Crippen LogP contribution in [0.25, 0.3) is 0 Å². The summed E-state index contributed by atoms with van der Waals surface area (Å²) in [5.74, 6) is 1.21. The molecule has 1 aromatic heterocycles. The topological polar surface area (TPSA) is 49.3 Å². The molecule has 5 nitrogen and oxygen atoms in total. The molecule has 1 aromatic carbocycles. The standard InChI is InChI=1S/C20H24N4O/c1-14-8-22-18(9-21-14)12-23-10-17-11-24(15(2)25)20(19(17)13-23)16-6-4-3-5-7-16/h3-9,17,19-20H,10-13H2,1-2H3/t17-,19-,20+/m1/s1. The van der Waals surface area contributed by atoms with Crippen LogP contribution in [0.2, 0.25) is 0 Å². The molecule has 2 aliphatic heterocycles. The Kier molecular flexibility index (Phi) is 4.25. The molecule has 0 radical (unpaired) electrons. The van der Waals surface area contributed by atoms with E-state index in [4.69, 9.17) is 0 Å². The molecule has 0 unspecified atom stereocenters. The average molecular weight is 336 g/mol. The van der Waals surface area contributed by atoms with Crippen LogP contribution in [0.4, 0.5) is 0 Å². The minimum absolute atomic E-state index is 0.180. The molecule has 25 heavy (non-hydrogen) atoms. The fraction of sp³-hybridized carbons (Fsp3) is 0.450. The number of carbonyl (C=O) groups excluding carboxylic acids is 1. The summed E-state index contributed by atoms with van der Waals surface area (Å²) in [7, 11) is 0. The van der Waals surface area contributed by atoms with Crippen molar-refractivity contribution in [2.45, 2.75) is 26.4 Å². The minimum atomic E-state index is 0.180. The summed E-state index contributed by atoms with van der Waals surface area (Å²) in [6.07, 6.45) is 3.70. The molecule has 4 rings (SSSR count). The first-order chi connectivity index (χ1) is 12.1. The van der Waals surface area contributed by atoms with Crippen LogP contribution in [-0.4, -0.2) is 45.3 Å². The van der Waals surface area contributed by atoms with Gasteiger partial charge in [0.05, 0.1) is 17.4 Å². The zero-order valence-corrected chi connectivity index (χ0v) is 14.8. The van der Waals surface area contributed by atoms with Crippen molar-refractivity contribution in [1.82, 2.24) is 19.8 Å². The van der Waals surface area contributed by atoms with E-state index in [1.807, 2.05) is 25.4 Å². The van der Waals surface area contributed by atoms with E-state index >= 15 is 0 Å². The Morgan fingerprint density at radius 2 is 1.92 bits per heavy atom. The van der Waals surface area contributed by atoms with Crippen LogP contribution in [0, 0.1) is 18.8 Å². The number of benzene rings is 1. The third-order valence-corrected chi connectivity index (χ3v) is 5.51. The number of amides is 1. The molecule has 1 amide bonds. The number of fused-ring (bicyclic) bond motifs is 1. The highest BCUT2D eigenvalue weighted by molar-refractivity contribution is 5.74. The second kappa shape index (κ2) is 6.56. The minimum Gasteiger partial charge on any atom is -0.335 e. The second-order valence-electron chi connectivity index (χ2n) is 7.29. The number of aromatic nitrogens is 2. The van der Waals surface area contributed by atoms with E-state index in [-0.39, 0.29) is 11.9 Å². The monoisotopic (exact) mass is 336 g/mol. The maximum Gasteiger partial charge on any atom is 0.219 e. The first-order valence-electron chi connectivity index (χ1n) is 8.94. The number of hydrogen-bond donors (Lipinski definition) is 0. The first kappa shape index (κ1) is 16.2. The third-order valence-electron chi connectivity index (χ3n) is 5.51. The Labute approximate surface area is 148 Å². The SMILES string of the molecule is CC(=O)N1C[C@H]2CN(Cc3cnc(C)cn3)C[C@H]2[C@@H]1c1ccccc1. The molecule has 3 heterocycles. The predicted octanol–water partition coefficient (Wildman–Crippen LogP) is 2.44. The van der Waals surface area contributed by atoms with Crippen molar-refractivity contribution in [2.75, 3.05) is 19.6 Å². The van der Waals surface area contributed by atoms with E-state index in [0.717, 1.165) is 37.6 Å². The lowest BCUT2D eigenvalue weighted by atomic mass is 9.89. The van der Waals surface area contributed by atoms with Crippen LogP contribution in [-0.2, 0) is 11.3 Å². The third kappa shape index (κ3) is 3.16. The highest BCUT2D eigenvalue weighted by Crippen LogP contribution is 2.45. The van der Waals surface area contributed by atoms with Gasteiger partial charge in [-0.1, -0.05) is 30.3 Å². The molecule has 130 valence electrons. The van der Waals surface area contributed by atoms with Crippen molar-refractivity contribution < 1.29 is 4.79 Å². The molecule has 0 spiro atoms. The summed E-state index contributed by atoms with van der Waals surface area (Å²) in [6, 6.07) is 10.7. The Morgan fingerprint density at radius 1 is 1.12 bits per heavy atom. The van der Waals surface area contributed by atoms with E-state index in [1.54, 1.807) is 6.92 Å². The Bertz CT molecular complexity index is 746. The number of aryl methyl sites for hydroxylation is 1. The van der Waals surface area contributed by atoms with Crippen molar-refractivity contribution >= 4 is 5.91 Å². The fourth-order valence-corrected chi connectivity index (χ4v) is 4.40. The zero-order valence-electron chi connectivity index (χ0n) is 14.8. The average Bonchev–Trinajstić information content (AvgIpc) is 3.15. The molecule has 0 aliphatic carbocycles. The number of nitrogens with zero attached hydrogens (tertiary/aromatic N) is 4. The highest BCUT2D eigenvalue weighted by atomic mass is 16.2. The Balaban J connectivity index is 1.52. The van der Waals surface area contributed by atoms with Gasteiger partial charge in [-0.25, -0.2) is 0 Å². The second-order valence-corrected chi connectivity index (χ2v) is 7.29. The van der Waals surface area contributed by atoms with Crippen LogP contribution in [0.15, 0.2) is 42.7 Å². The summed E-state index contributed by atoms with van der Waals surface area (Å²) in [4.78, 5) is 25.5. The van der Waals surface area contributed by atoms with Crippen LogP contribution >= 0.6 is 0 Å².